The van der Waals surface area contributed by atoms with Gasteiger partial charge in [0.15, 0.2) is 11.4 Å². The number of hydrogen-bond acceptors (Lipinski definition) is 4. The Hall–Kier alpha value is -3.82. The molecule has 1 aromatic heterocycles. The number of carbonyl (C=O) groups is 1. The summed E-state index contributed by atoms with van der Waals surface area (Å²) in [6, 6.07) is 9.92. The number of benzene rings is 2. The lowest BCUT2D eigenvalue weighted by Gasteiger charge is -2.46. The van der Waals surface area contributed by atoms with Gasteiger partial charge in [-0.15, -0.1) is 0 Å². The third kappa shape index (κ3) is 3.64. The standard InChI is InChI=1S/C25H21F4N3O3/c1-14(25(27,28)29)30-13-32(31-12-11-20(33)23(34)22(31)24(30)35)21-16-6-3-2-5-15(16)9-10-17-18(21)7-4-8-19(17)26/h2-8,11-12,14,21,34H,9-10,13H2,1H3/t14-,21+/m1/s1. The molecule has 2 aromatic carbocycles. The van der Waals surface area contributed by atoms with Gasteiger partial charge in [-0.25, -0.2) is 4.39 Å². The highest BCUT2D eigenvalue weighted by atomic mass is 19.4. The molecule has 0 saturated heterocycles. The highest BCUT2D eigenvalue weighted by molar-refractivity contribution is 5.96. The molecule has 0 unspecified atom stereocenters. The number of aromatic nitrogens is 1. The van der Waals surface area contributed by atoms with Crippen LogP contribution in [0, 0.1) is 5.82 Å². The van der Waals surface area contributed by atoms with Gasteiger partial charge in [0, 0.05) is 12.3 Å². The Balaban J connectivity index is 1.79. The van der Waals surface area contributed by atoms with E-state index in [-0.39, 0.29) is 0 Å². The van der Waals surface area contributed by atoms with E-state index in [9.17, 15) is 32.3 Å². The van der Waals surface area contributed by atoms with E-state index in [2.05, 4.69) is 0 Å². The molecule has 0 radical (unpaired) electrons. The van der Waals surface area contributed by atoms with E-state index in [1.165, 1.54) is 28.0 Å². The van der Waals surface area contributed by atoms with Gasteiger partial charge in [0.05, 0.1) is 6.04 Å². The molecule has 3 aromatic rings. The van der Waals surface area contributed by atoms with E-state index in [0.29, 0.717) is 28.9 Å². The number of nitrogens with zero attached hydrogens (tertiary/aromatic N) is 3. The zero-order valence-electron chi connectivity index (χ0n) is 18.6. The van der Waals surface area contributed by atoms with Crippen molar-refractivity contribution in [1.82, 2.24) is 9.58 Å². The normalized spacial score (nSPS) is 18.4. The molecule has 1 N–H and O–H groups in total. The predicted octanol–water partition coefficient (Wildman–Crippen LogP) is 3.88. The lowest BCUT2D eigenvalue weighted by molar-refractivity contribution is -0.173. The first-order chi connectivity index (χ1) is 16.6. The van der Waals surface area contributed by atoms with Crippen LogP contribution in [0.1, 0.15) is 45.7 Å². The summed E-state index contributed by atoms with van der Waals surface area (Å²) in [5, 5.41) is 11.9. The zero-order valence-corrected chi connectivity index (χ0v) is 18.6. The second-order valence-corrected chi connectivity index (χ2v) is 8.70. The fourth-order valence-electron chi connectivity index (χ4n) is 4.91. The zero-order chi connectivity index (χ0) is 25.1. The largest absolute Gasteiger partial charge is 0.502 e. The second-order valence-electron chi connectivity index (χ2n) is 8.70. The molecule has 0 fully saturated rings. The van der Waals surface area contributed by atoms with Crippen LogP contribution < -0.4 is 10.4 Å². The molecule has 2 atom stereocenters. The minimum absolute atomic E-state index is 0.382. The van der Waals surface area contributed by atoms with Gasteiger partial charge >= 0.3 is 6.18 Å². The number of alkyl halides is 3. The van der Waals surface area contributed by atoms with Gasteiger partial charge in [0.1, 0.15) is 18.5 Å². The van der Waals surface area contributed by atoms with Crippen molar-refractivity contribution in [2.45, 2.75) is 38.0 Å². The Morgan fingerprint density at radius 3 is 2.46 bits per heavy atom. The molecule has 0 bridgehead atoms. The van der Waals surface area contributed by atoms with Gasteiger partial charge in [0.25, 0.3) is 5.91 Å². The van der Waals surface area contributed by atoms with E-state index in [0.717, 1.165) is 24.1 Å². The van der Waals surface area contributed by atoms with Crippen molar-refractivity contribution < 1.29 is 27.5 Å². The summed E-state index contributed by atoms with van der Waals surface area (Å²) < 4.78 is 57.3. The van der Waals surface area contributed by atoms with Gasteiger partial charge in [0.2, 0.25) is 5.43 Å². The van der Waals surface area contributed by atoms with Crippen molar-refractivity contribution in [3.63, 3.8) is 0 Å². The van der Waals surface area contributed by atoms with Crippen LogP contribution >= 0.6 is 0 Å². The Morgan fingerprint density at radius 1 is 1.00 bits per heavy atom. The van der Waals surface area contributed by atoms with Gasteiger partial charge in [-0.2, -0.15) is 13.2 Å². The molecule has 182 valence electrons. The Bertz CT molecular complexity index is 1390. The number of halogens is 4. The second kappa shape index (κ2) is 8.14. The number of carbonyl (C=O) groups excluding carboxylic acids is 1. The smallest absolute Gasteiger partial charge is 0.408 e. The van der Waals surface area contributed by atoms with Crippen molar-refractivity contribution in [3.05, 3.63) is 98.7 Å². The van der Waals surface area contributed by atoms with Crippen LogP contribution in [0.5, 0.6) is 5.75 Å². The summed E-state index contributed by atoms with van der Waals surface area (Å²) in [5.74, 6) is -2.50. The Morgan fingerprint density at radius 2 is 1.71 bits per heavy atom. The molecule has 1 aliphatic carbocycles. The topological polar surface area (TPSA) is 65.8 Å². The molecule has 1 amide bonds. The van der Waals surface area contributed by atoms with Crippen LogP contribution in [0.3, 0.4) is 0 Å². The fourth-order valence-corrected chi connectivity index (χ4v) is 4.91. The maximum absolute atomic E-state index is 14.9. The van der Waals surface area contributed by atoms with Gasteiger partial charge in [-0.3, -0.25) is 19.3 Å². The molecule has 1 aliphatic heterocycles. The summed E-state index contributed by atoms with van der Waals surface area (Å²) >= 11 is 0. The quantitative estimate of drug-likeness (QED) is 0.558. The molecule has 2 aliphatic rings. The maximum atomic E-state index is 14.9. The number of amides is 1. The summed E-state index contributed by atoms with van der Waals surface area (Å²) in [7, 11) is 0. The summed E-state index contributed by atoms with van der Waals surface area (Å²) in [6.07, 6.45) is -2.61. The van der Waals surface area contributed by atoms with Crippen molar-refractivity contribution in [2.24, 2.45) is 0 Å². The summed E-state index contributed by atoms with van der Waals surface area (Å²) in [4.78, 5) is 25.9. The minimum Gasteiger partial charge on any atom is -0.502 e. The highest BCUT2D eigenvalue weighted by Crippen LogP contribution is 2.40. The first-order valence-corrected chi connectivity index (χ1v) is 11.0. The van der Waals surface area contributed by atoms with Crippen LogP contribution in [0.25, 0.3) is 0 Å². The van der Waals surface area contributed by atoms with Crippen LogP contribution in [0.2, 0.25) is 0 Å². The minimum atomic E-state index is -4.75. The highest BCUT2D eigenvalue weighted by Gasteiger charge is 2.47. The van der Waals surface area contributed by atoms with E-state index in [1.807, 2.05) is 18.2 Å². The first-order valence-electron chi connectivity index (χ1n) is 11.0. The number of pyridine rings is 1. The lowest BCUT2D eigenvalue weighted by atomic mass is 9.93. The van der Waals surface area contributed by atoms with E-state index >= 15 is 0 Å². The third-order valence-corrected chi connectivity index (χ3v) is 6.77. The van der Waals surface area contributed by atoms with E-state index in [4.69, 9.17) is 0 Å². The number of rotatable bonds is 2. The van der Waals surface area contributed by atoms with Crippen molar-refractivity contribution >= 4 is 5.91 Å². The predicted molar refractivity (Wildman–Crippen MR) is 119 cm³/mol. The van der Waals surface area contributed by atoms with Crippen LogP contribution in [0.4, 0.5) is 17.6 Å². The number of hydrogen-bond donors (Lipinski definition) is 1. The summed E-state index contributed by atoms with van der Waals surface area (Å²) in [6.45, 7) is 0.336. The molecule has 10 heteroatoms. The maximum Gasteiger partial charge on any atom is 0.408 e. The SMILES string of the molecule is C[C@@H](N1CN([C@H]2c3ccccc3CCc3c(F)cccc32)n2ccc(=O)c(O)c2C1=O)C(F)(F)F. The third-order valence-electron chi connectivity index (χ3n) is 6.77. The molecule has 0 saturated carbocycles. The van der Waals surface area contributed by atoms with Crippen molar-refractivity contribution in [1.29, 1.82) is 0 Å². The average molecular weight is 487 g/mol. The fraction of sp³-hybridized carbons (Fsp3) is 0.280. The van der Waals surface area contributed by atoms with Crippen molar-refractivity contribution in [3.8, 4) is 5.75 Å². The molecular weight excluding hydrogens is 466 g/mol. The van der Waals surface area contributed by atoms with Gasteiger partial charge in [-0.05, 0) is 48.1 Å². The molecule has 2 heterocycles. The molecule has 5 rings (SSSR count). The van der Waals surface area contributed by atoms with Gasteiger partial charge in [-0.1, -0.05) is 36.4 Å². The molecule has 0 spiro atoms. The first kappa shape index (κ1) is 22.9. The van der Waals surface area contributed by atoms with E-state index < -0.39 is 53.5 Å². The summed E-state index contributed by atoms with van der Waals surface area (Å²) in [5.41, 5.74) is 1.11. The number of fused-ring (bicyclic) bond motifs is 3. The average Bonchev–Trinajstić information content (AvgIpc) is 2.98. The Labute approximate surface area is 197 Å². The molecule has 6 nitrogen and oxygen atoms in total. The molecular formula is C25H21F4N3O3. The van der Waals surface area contributed by atoms with Crippen LogP contribution in [0.15, 0.2) is 59.5 Å². The van der Waals surface area contributed by atoms with Gasteiger partial charge < -0.3 is 10.0 Å². The monoisotopic (exact) mass is 487 g/mol. The van der Waals surface area contributed by atoms with Crippen LogP contribution in [-0.2, 0) is 12.8 Å². The number of aryl methyl sites for hydroxylation is 1. The van der Waals surface area contributed by atoms with Crippen LogP contribution in [-0.4, -0.2) is 39.5 Å². The Kier molecular flexibility index (Phi) is 5.34. The lowest BCUT2D eigenvalue weighted by Crippen LogP contribution is -2.60. The number of aromatic hydroxyl groups is 1. The molecule has 35 heavy (non-hydrogen) atoms. The van der Waals surface area contributed by atoms with E-state index in [1.54, 1.807) is 12.1 Å². The van der Waals surface area contributed by atoms with Crippen molar-refractivity contribution in [2.75, 3.05) is 11.7 Å².